The molecule has 2 aliphatic heterocycles. The van der Waals surface area contributed by atoms with E-state index in [0.717, 1.165) is 11.5 Å². The van der Waals surface area contributed by atoms with Gasteiger partial charge in [0.05, 0.1) is 10.4 Å². The third-order valence-electron chi connectivity index (χ3n) is 10.6. The summed E-state index contributed by atoms with van der Waals surface area (Å²) in [5, 5.41) is 2.89. The molecular weight excluding hydrogens is 577 g/mol. The van der Waals surface area contributed by atoms with Crippen LogP contribution in [0.5, 0.6) is 11.5 Å². The van der Waals surface area contributed by atoms with Crippen LogP contribution in [0.4, 0.5) is 17.1 Å². The number of anilines is 3. The summed E-state index contributed by atoms with van der Waals surface area (Å²) >= 11 is 1.98. The van der Waals surface area contributed by atoms with Crippen LogP contribution in [0.3, 0.4) is 0 Å². The van der Waals surface area contributed by atoms with E-state index >= 15 is 0 Å². The third-order valence-corrected chi connectivity index (χ3v) is 11.8. The van der Waals surface area contributed by atoms with Gasteiger partial charge in [0.1, 0.15) is 11.5 Å². The number of rotatable bonds is 1. The molecule has 0 bridgehead atoms. The Morgan fingerprint density at radius 1 is 0.739 bits per heavy atom. The van der Waals surface area contributed by atoms with Crippen molar-refractivity contribution in [3.05, 3.63) is 107 Å². The lowest BCUT2D eigenvalue weighted by Crippen LogP contribution is -2.59. The number of thiophene rings is 1. The van der Waals surface area contributed by atoms with E-state index in [2.05, 4.69) is 132 Å². The lowest BCUT2D eigenvalue weighted by molar-refractivity contribution is 0.486. The van der Waals surface area contributed by atoms with Crippen molar-refractivity contribution in [3.63, 3.8) is 0 Å². The summed E-state index contributed by atoms with van der Waals surface area (Å²) in [6, 6.07) is 30.5. The lowest BCUT2D eigenvalue weighted by Gasteiger charge is -2.41. The molecule has 6 aromatic rings. The van der Waals surface area contributed by atoms with Crippen molar-refractivity contribution in [2.45, 2.75) is 78.6 Å². The molecule has 0 saturated carbocycles. The number of benzene rings is 5. The Kier molecular flexibility index (Phi) is 5.84. The van der Waals surface area contributed by atoms with E-state index in [1.54, 1.807) is 11.1 Å². The van der Waals surface area contributed by atoms with Crippen molar-refractivity contribution in [1.82, 2.24) is 0 Å². The van der Waals surface area contributed by atoms with Crippen LogP contribution >= 0.6 is 11.3 Å². The molecule has 0 fully saturated rings. The van der Waals surface area contributed by atoms with Crippen LogP contribution in [0.2, 0.25) is 0 Å². The van der Waals surface area contributed by atoms with Gasteiger partial charge in [-0.1, -0.05) is 84.0 Å². The van der Waals surface area contributed by atoms with Crippen LogP contribution in [0, 0.1) is 6.92 Å². The van der Waals surface area contributed by atoms with Crippen LogP contribution in [0.25, 0.3) is 20.2 Å². The molecule has 2 nitrogen and oxygen atoms in total. The van der Waals surface area contributed by atoms with E-state index in [-0.39, 0.29) is 17.5 Å². The van der Waals surface area contributed by atoms with Crippen LogP contribution in [0.1, 0.15) is 75.8 Å². The second-order valence-corrected chi connectivity index (χ2v) is 16.8. The first-order valence-electron chi connectivity index (χ1n) is 16.8. The Morgan fingerprint density at radius 2 is 1.50 bits per heavy atom. The van der Waals surface area contributed by atoms with Gasteiger partial charge in [0, 0.05) is 26.8 Å². The Hall–Kier alpha value is -4.02. The van der Waals surface area contributed by atoms with Gasteiger partial charge in [-0.2, -0.15) is 0 Å². The highest BCUT2D eigenvalue weighted by molar-refractivity contribution is 7.26. The first kappa shape index (κ1) is 28.2. The van der Waals surface area contributed by atoms with Gasteiger partial charge >= 0.3 is 0 Å². The fraction of sp³-hybridized carbons (Fsp3) is 0.286. The largest absolute Gasteiger partial charge is 0.458 e. The van der Waals surface area contributed by atoms with Crippen molar-refractivity contribution >= 4 is 71.7 Å². The van der Waals surface area contributed by atoms with Gasteiger partial charge in [-0.05, 0) is 118 Å². The Bertz CT molecular complexity index is 2250. The summed E-state index contributed by atoms with van der Waals surface area (Å²) in [7, 11) is 0. The molecule has 3 heterocycles. The molecule has 0 radical (unpaired) electrons. The number of nitrogens with zero attached hydrogens (tertiary/aromatic N) is 1. The molecule has 0 atom stereocenters. The molecule has 9 rings (SSSR count). The first-order valence-corrected chi connectivity index (χ1v) is 17.7. The Morgan fingerprint density at radius 3 is 2.26 bits per heavy atom. The molecular formula is C42H40BNOS. The molecule has 228 valence electrons. The van der Waals surface area contributed by atoms with Gasteiger partial charge in [-0.25, -0.2) is 0 Å². The van der Waals surface area contributed by atoms with E-state index in [1.165, 1.54) is 89.6 Å². The molecule has 0 unspecified atom stereocenters. The highest BCUT2D eigenvalue weighted by Crippen LogP contribution is 2.49. The van der Waals surface area contributed by atoms with Crippen LogP contribution in [-0.4, -0.2) is 6.71 Å². The maximum atomic E-state index is 6.80. The minimum atomic E-state index is 0.0412. The molecule has 5 aromatic carbocycles. The van der Waals surface area contributed by atoms with Crippen LogP contribution < -0.4 is 26.0 Å². The van der Waals surface area contributed by atoms with Crippen molar-refractivity contribution in [3.8, 4) is 11.5 Å². The van der Waals surface area contributed by atoms with Crippen LogP contribution in [-0.2, 0) is 23.7 Å². The standard InChI is InChI=1S/C42H40BNOS/c1-24-21-33-38-35(22-24)45-34-19-14-27(42(5,6)7)23-32(34)43(38)31-18-17-30-37-29-10-8-9-25(29)11-20-36(37)46-40(30)39(31)44(33)28-15-12-26(13-16-28)41(2,3)4/h11-23H,8-10H2,1-7H3. The third kappa shape index (κ3) is 4.02. The second kappa shape index (κ2) is 9.52. The topological polar surface area (TPSA) is 12.5 Å². The van der Waals surface area contributed by atoms with Crippen molar-refractivity contribution < 1.29 is 4.74 Å². The summed E-state index contributed by atoms with van der Waals surface area (Å²) in [5.41, 5.74) is 14.8. The number of fused-ring (bicyclic) bond motifs is 10. The summed E-state index contributed by atoms with van der Waals surface area (Å²) in [4.78, 5) is 2.56. The Balaban J connectivity index is 1.39. The molecule has 46 heavy (non-hydrogen) atoms. The summed E-state index contributed by atoms with van der Waals surface area (Å²) in [5.74, 6) is 1.96. The van der Waals surface area contributed by atoms with Gasteiger partial charge in [0.15, 0.2) is 0 Å². The zero-order valence-electron chi connectivity index (χ0n) is 28.0. The average molecular weight is 618 g/mol. The number of hydrogen-bond acceptors (Lipinski definition) is 3. The van der Waals surface area contributed by atoms with E-state index in [4.69, 9.17) is 4.74 Å². The molecule has 1 aromatic heterocycles. The molecule has 3 aliphatic rings. The monoisotopic (exact) mass is 617 g/mol. The highest BCUT2D eigenvalue weighted by Gasteiger charge is 2.43. The molecule has 0 amide bonds. The fourth-order valence-corrected chi connectivity index (χ4v) is 9.50. The smallest absolute Gasteiger partial charge is 0.256 e. The normalized spacial score (nSPS) is 15.1. The zero-order chi connectivity index (χ0) is 31.7. The first-order chi connectivity index (χ1) is 22.0. The molecule has 0 N–H and O–H groups in total. The predicted molar refractivity (Wildman–Crippen MR) is 199 cm³/mol. The molecule has 1 aliphatic carbocycles. The maximum absolute atomic E-state index is 6.80. The van der Waals surface area contributed by atoms with Crippen molar-refractivity contribution in [1.29, 1.82) is 0 Å². The van der Waals surface area contributed by atoms with E-state index < -0.39 is 0 Å². The van der Waals surface area contributed by atoms with E-state index in [1.807, 2.05) is 11.3 Å². The van der Waals surface area contributed by atoms with Gasteiger partial charge < -0.3 is 9.64 Å². The second-order valence-electron chi connectivity index (χ2n) is 15.8. The van der Waals surface area contributed by atoms with Crippen molar-refractivity contribution in [2.75, 3.05) is 4.90 Å². The Labute approximate surface area is 277 Å². The minimum Gasteiger partial charge on any atom is -0.458 e. The average Bonchev–Trinajstić information content (AvgIpc) is 3.64. The fourth-order valence-electron chi connectivity index (χ4n) is 8.22. The summed E-state index contributed by atoms with van der Waals surface area (Å²) < 4.78 is 9.60. The van der Waals surface area contributed by atoms with E-state index in [9.17, 15) is 0 Å². The van der Waals surface area contributed by atoms with Gasteiger partial charge in [-0.3, -0.25) is 0 Å². The summed E-state index contributed by atoms with van der Waals surface area (Å²) in [6.07, 6.45) is 3.64. The predicted octanol–water partition coefficient (Wildman–Crippen LogP) is 9.85. The maximum Gasteiger partial charge on any atom is 0.256 e. The zero-order valence-corrected chi connectivity index (χ0v) is 28.8. The number of aryl methyl sites for hydroxylation is 3. The number of hydrogen-bond donors (Lipinski definition) is 0. The molecule has 0 saturated heterocycles. The molecule has 4 heteroatoms. The van der Waals surface area contributed by atoms with E-state index in [0.29, 0.717) is 0 Å². The SMILES string of the molecule is Cc1cc2c3c(c1)N(c1ccc(C(C)(C)C)cc1)c1c(ccc4c1sc1ccc5c(c14)CCC5)B3c1cc(C(C)(C)C)ccc1O2. The number of ether oxygens (including phenoxy) is 1. The van der Waals surface area contributed by atoms with Gasteiger partial charge in [0.25, 0.3) is 6.71 Å². The van der Waals surface area contributed by atoms with Crippen molar-refractivity contribution in [2.24, 2.45) is 0 Å². The lowest BCUT2D eigenvalue weighted by atomic mass is 9.34. The minimum absolute atomic E-state index is 0.0412. The van der Waals surface area contributed by atoms with Gasteiger partial charge in [0.2, 0.25) is 0 Å². The quantitative estimate of drug-likeness (QED) is 0.170. The molecule has 0 spiro atoms. The summed E-state index contributed by atoms with van der Waals surface area (Å²) in [6.45, 7) is 16.1. The highest BCUT2D eigenvalue weighted by atomic mass is 32.1. The van der Waals surface area contributed by atoms with Gasteiger partial charge in [-0.15, -0.1) is 11.3 Å². The van der Waals surface area contributed by atoms with Crippen LogP contribution in [0.15, 0.2) is 78.9 Å².